The van der Waals surface area contributed by atoms with E-state index >= 15 is 0 Å². The minimum atomic E-state index is 0.790. The summed E-state index contributed by atoms with van der Waals surface area (Å²) < 4.78 is 9.85. The molecule has 1 fully saturated rings. The van der Waals surface area contributed by atoms with Crippen molar-refractivity contribution in [2.24, 2.45) is 13.0 Å². The summed E-state index contributed by atoms with van der Waals surface area (Å²) in [6.45, 7) is 0. The van der Waals surface area contributed by atoms with Crippen LogP contribution in [-0.2, 0) is 13.5 Å². The van der Waals surface area contributed by atoms with Gasteiger partial charge in [0, 0.05) is 36.1 Å². The van der Waals surface area contributed by atoms with E-state index < -0.39 is 0 Å². The number of ether oxygens (including phenoxy) is 1. The number of benzene rings is 1. The van der Waals surface area contributed by atoms with Gasteiger partial charge in [0.1, 0.15) is 11.6 Å². The van der Waals surface area contributed by atoms with E-state index in [0.717, 1.165) is 57.2 Å². The molecule has 0 bridgehead atoms. The molecule has 1 aliphatic rings. The van der Waals surface area contributed by atoms with Crippen LogP contribution in [0, 0.1) is 5.92 Å². The molecule has 6 rings (SSSR count). The van der Waals surface area contributed by atoms with E-state index in [1.165, 1.54) is 18.4 Å². The first-order valence-corrected chi connectivity index (χ1v) is 9.69. The maximum Gasteiger partial charge on any atom is 0.154 e. The number of imidazole rings is 1. The normalized spacial score (nSPS) is 14.5. The van der Waals surface area contributed by atoms with Gasteiger partial charge in [-0.15, -0.1) is 0 Å². The molecule has 1 aromatic carbocycles. The Bertz CT molecular complexity index is 1350. The Morgan fingerprint density at radius 3 is 2.82 bits per heavy atom. The Morgan fingerprint density at radius 2 is 2.00 bits per heavy atom. The number of rotatable bonds is 4. The smallest absolute Gasteiger partial charge is 0.154 e. The van der Waals surface area contributed by atoms with Crippen molar-refractivity contribution in [3.8, 4) is 17.0 Å². The Balaban J connectivity index is 1.58. The van der Waals surface area contributed by atoms with Gasteiger partial charge in [-0.25, -0.2) is 9.97 Å². The van der Waals surface area contributed by atoms with E-state index in [1.54, 1.807) is 7.11 Å². The van der Waals surface area contributed by atoms with Gasteiger partial charge < -0.3 is 14.3 Å². The molecule has 0 saturated heterocycles. The zero-order valence-corrected chi connectivity index (χ0v) is 15.9. The van der Waals surface area contributed by atoms with Crippen molar-refractivity contribution in [2.45, 2.75) is 19.3 Å². The third kappa shape index (κ3) is 2.27. The number of aromatic nitrogens is 5. The van der Waals surface area contributed by atoms with Gasteiger partial charge in [-0.05, 0) is 43.0 Å². The van der Waals surface area contributed by atoms with Gasteiger partial charge >= 0.3 is 0 Å². The number of fused-ring (bicyclic) bond motifs is 4. The monoisotopic (exact) mass is 371 g/mol. The van der Waals surface area contributed by atoms with Gasteiger partial charge in [0.15, 0.2) is 5.65 Å². The summed E-state index contributed by atoms with van der Waals surface area (Å²) in [6, 6.07) is 8.38. The average molecular weight is 371 g/mol. The quantitative estimate of drug-likeness (QED) is 0.511. The number of H-pyrrole nitrogens is 1. The van der Waals surface area contributed by atoms with Crippen molar-refractivity contribution in [3.05, 3.63) is 48.7 Å². The number of hydrogen-bond acceptors (Lipinski definition) is 3. The lowest BCUT2D eigenvalue weighted by Crippen LogP contribution is -1.97. The van der Waals surface area contributed by atoms with Crippen molar-refractivity contribution >= 4 is 27.6 Å². The molecule has 4 heterocycles. The zero-order valence-electron chi connectivity index (χ0n) is 15.9. The number of nitrogens with one attached hydrogen (secondary N) is 1. The second kappa shape index (κ2) is 5.61. The average Bonchev–Trinajstić information content (AvgIpc) is 3.13. The molecular formula is C22H21N5O. The Morgan fingerprint density at radius 1 is 1.14 bits per heavy atom. The summed E-state index contributed by atoms with van der Waals surface area (Å²) in [5.74, 6) is 2.78. The van der Waals surface area contributed by atoms with E-state index in [-0.39, 0.29) is 0 Å². The number of nitrogens with zero attached hydrogens (tertiary/aromatic N) is 4. The van der Waals surface area contributed by atoms with E-state index in [4.69, 9.17) is 4.74 Å². The first-order chi connectivity index (χ1) is 13.7. The summed E-state index contributed by atoms with van der Waals surface area (Å²) in [6.07, 6.45) is 9.67. The van der Waals surface area contributed by atoms with Crippen LogP contribution in [0.4, 0.5) is 0 Å². The Labute approximate surface area is 161 Å². The lowest BCUT2D eigenvalue weighted by atomic mass is 10.1. The molecule has 0 aliphatic heterocycles. The molecule has 5 aromatic rings. The highest BCUT2D eigenvalue weighted by Gasteiger charge is 2.24. The lowest BCUT2D eigenvalue weighted by molar-refractivity contribution is 0.415. The molecule has 4 aromatic heterocycles. The lowest BCUT2D eigenvalue weighted by Gasteiger charge is -2.01. The SMILES string of the molecule is COc1ccc2c(c1)c(-c1cc3c(ncc4cnc(CC5CC5)n43)[nH]1)cn2C. The number of aryl methyl sites for hydroxylation is 1. The van der Waals surface area contributed by atoms with E-state index in [2.05, 4.69) is 55.4 Å². The third-order valence-electron chi connectivity index (χ3n) is 5.86. The number of hydrogen-bond donors (Lipinski definition) is 1. The van der Waals surface area contributed by atoms with Gasteiger partial charge in [0.05, 0.1) is 36.2 Å². The third-order valence-corrected chi connectivity index (χ3v) is 5.86. The molecule has 140 valence electrons. The molecule has 6 nitrogen and oxygen atoms in total. The summed E-state index contributed by atoms with van der Waals surface area (Å²) in [5, 5.41) is 1.16. The van der Waals surface area contributed by atoms with Gasteiger partial charge in [-0.1, -0.05) is 0 Å². The van der Waals surface area contributed by atoms with Crippen LogP contribution in [0.1, 0.15) is 18.7 Å². The first-order valence-electron chi connectivity index (χ1n) is 9.69. The fourth-order valence-corrected chi connectivity index (χ4v) is 4.19. The fraction of sp³-hybridized carbons (Fsp3) is 0.273. The van der Waals surface area contributed by atoms with Gasteiger partial charge in [-0.2, -0.15) is 0 Å². The molecule has 0 unspecified atom stereocenters. The van der Waals surface area contributed by atoms with Crippen LogP contribution in [0.25, 0.3) is 38.8 Å². The van der Waals surface area contributed by atoms with Crippen LogP contribution >= 0.6 is 0 Å². The van der Waals surface area contributed by atoms with Crippen LogP contribution in [0.3, 0.4) is 0 Å². The second-order valence-corrected chi connectivity index (χ2v) is 7.79. The predicted octanol–water partition coefficient (Wildman–Crippen LogP) is 4.33. The number of methoxy groups -OCH3 is 1. The molecule has 6 heteroatoms. The highest BCUT2D eigenvalue weighted by molar-refractivity contribution is 5.98. The topological polar surface area (TPSA) is 60.1 Å². The molecule has 0 atom stereocenters. The van der Waals surface area contributed by atoms with Gasteiger partial charge in [0.25, 0.3) is 0 Å². The van der Waals surface area contributed by atoms with E-state index in [1.807, 2.05) is 18.5 Å². The molecule has 0 spiro atoms. The number of aromatic amines is 1. The van der Waals surface area contributed by atoms with Crippen LogP contribution in [0.2, 0.25) is 0 Å². The maximum absolute atomic E-state index is 5.44. The van der Waals surface area contributed by atoms with Crippen molar-refractivity contribution in [2.75, 3.05) is 7.11 Å². The minimum Gasteiger partial charge on any atom is -0.497 e. The summed E-state index contributed by atoms with van der Waals surface area (Å²) in [4.78, 5) is 12.8. The van der Waals surface area contributed by atoms with Gasteiger partial charge in [-0.3, -0.25) is 4.40 Å². The molecule has 28 heavy (non-hydrogen) atoms. The predicted molar refractivity (Wildman–Crippen MR) is 110 cm³/mol. The summed E-state index contributed by atoms with van der Waals surface area (Å²) in [7, 11) is 3.77. The van der Waals surface area contributed by atoms with E-state index in [0.29, 0.717) is 0 Å². The molecular weight excluding hydrogens is 350 g/mol. The van der Waals surface area contributed by atoms with Crippen LogP contribution in [-0.4, -0.2) is 31.0 Å². The van der Waals surface area contributed by atoms with Crippen molar-refractivity contribution in [1.29, 1.82) is 0 Å². The van der Waals surface area contributed by atoms with Crippen molar-refractivity contribution in [1.82, 2.24) is 23.9 Å². The summed E-state index contributed by atoms with van der Waals surface area (Å²) >= 11 is 0. The van der Waals surface area contributed by atoms with Crippen LogP contribution < -0.4 is 4.74 Å². The van der Waals surface area contributed by atoms with Crippen LogP contribution in [0.15, 0.2) is 42.9 Å². The zero-order chi connectivity index (χ0) is 18.8. The standard InChI is InChI=1S/C22H21N5O/c1-26-12-17(16-8-15(28-2)5-6-19(16)26)18-9-20-22(25-18)24-11-14-10-23-21(27(14)20)7-13-3-4-13/h5-6,8-13,25H,3-4,7H2,1-2H3. The van der Waals surface area contributed by atoms with Gasteiger partial charge in [0.2, 0.25) is 0 Å². The van der Waals surface area contributed by atoms with E-state index in [9.17, 15) is 0 Å². The van der Waals surface area contributed by atoms with Crippen LogP contribution in [0.5, 0.6) is 5.75 Å². The molecule has 0 radical (unpaired) electrons. The second-order valence-electron chi connectivity index (χ2n) is 7.79. The Hall–Kier alpha value is -3.28. The molecule has 1 N–H and O–H groups in total. The first kappa shape index (κ1) is 15.7. The van der Waals surface area contributed by atoms with Crippen molar-refractivity contribution in [3.63, 3.8) is 0 Å². The minimum absolute atomic E-state index is 0.790. The summed E-state index contributed by atoms with van der Waals surface area (Å²) in [5.41, 5.74) is 6.39. The molecule has 1 aliphatic carbocycles. The molecule has 0 amide bonds. The Kier molecular flexibility index (Phi) is 3.15. The highest BCUT2D eigenvalue weighted by atomic mass is 16.5. The molecule has 1 saturated carbocycles. The maximum atomic E-state index is 5.44. The largest absolute Gasteiger partial charge is 0.497 e. The van der Waals surface area contributed by atoms with Crippen molar-refractivity contribution < 1.29 is 4.74 Å². The highest BCUT2D eigenvalue weighted by Crippen LogP contribution is 2.35. The fourth-order valence-electron chi connectivity index (χ4n) is 4.19.